The zero-order valence-electron chi connectivity index (χ0n) is 25.4. The van der Waals surface area contributed by atoms with Crippen LogP contribution in [0.4, 0.5) is 23.0 Å². The van der Waals surface area contributed by atoms with Crippen LogP contribution in [0.25, 0.3) is 22.2 Å². The third kappa shape index (κ3) is 7.16. The Balaban J connectivity index is 1.69. The largest absolute Gasteiger partial charge is 0.494 e. The average molecular weight is 558 g/mol. The molecule has 0 spiro atoms. The molecule has 0 saturated carbocycles. The van der Waals surface area contributed by atoms with Gasteiger partial charge in [0.2, 0.25) is 11.9 Å². The van der Waals surface area contributed by atoms with Crippen LogP contribution >= 0.6 is 0 Å². The fourth-order valence-corrected chi connectivity index (χ4v) is 5.00. The summed E-state index contributed by atoms with van der Waals surface area (Å²) in [5.74, 6) is 1.43. The topological polar surface area (TPSA) is 87.5 Å². The van der Waals surface area contributed by atoms with Crippen molar-refractivity contribution in [3.8, 4) is 17.0 Å². The van der Waals surface area contributed by atoms with Gasteiger partial charge < -0.3 is 29.7 Å². The summed E-state index contributed by atoms with van der Waals surface area (Å²) in [6.45, 7) is 5.91. The second kappa shape index (κ2) is 13.5. The van der Waals surface area contributed by atoms with Crippen LogP contribution in [-0.2, 0) is 11.8 Å². The molecule has 2 aromatic heterocycles. The van der Waals surface area contributed by atoms with Crippen LogP contribution in [-0.4, -0.2) is 66.7 Å². The molecule has 0 aliphatic carbocycles. The average Bonchev–Trinajstić information content (AvgIpc) is 3.31. The highest BCUT2D eigenvalue weighted by Gasteiger charge is 2.19. The number of fused-ring (bicyclic) bond motifs is 1. The van der Waals surface area contributed by atoms with Crippen molar-refractivity contribution in [2.45, 2.75) is 33.1 Å². The number of carbonyl (C=O) groups excluding carboxylic acids is 1. The van der Waals surface area contributed by atoms with Crippen molar-refractivity contribution in [3.63, 3.8) is 0 Å². The molecule has 9 nitrogen and oxygen atoms in total. The first-order valence-electron chi connectivity index (χ1n) is 14.3. The van der Waals surface area contributed by atoms with Crippen LogP contribution in [0.15, 0.2) is 54.9 Å². The van der Waals surface area contributed by atoms with E-state index in [2.05, 4.69) is 62.2 Å². The van der Waals surface area contributed by atoms with Crippen molar-refractivity contribution in [3.05, 3.63) is 54.9 Å². The highest BCUT2D eigenvalue weighted by molar-refractivity contribution is 5.97. The molecule has 0 aliphatic heterocycles. The van der Waals surface area contributed by atoms with Gasteiger partial charge in [-0.05, 0) is 38.2 Å². The highest BCUT2D eigenvalue weighted by atomic mass is 16.5. The van der Waals surface area contributed by atoms with E-state index in [1.807, 2.05) is 58.5 Å². The number of ether oxygens (including phenoxy) is 1. The Morgan fingerprint density at radius 2 is 1.80 bits per heavy atom. The van der Waals surface area contributed by atoms with Gasteiger partial charge in [0.1, 0.15) is 5.75 Å². The fourth-order valence-electron chi connectivity index (χ4n) is 5.00. The number of hydrogen-bond donors (Lipinski definition) is 2. The summed E-state index contributed by atoms with van der Waals surface area (Å²) in [5, 5.41) is 7.66. The van der Waals surface area contributed by atoms with E-state index in [0.717, 1.165) is 59.5 Å². The van der Waals surface area contributed by atoms with Crippen LogP contribution in [0, 0.1) is 5.92 Å². The Morgan fingerprint density at radius 1 is 1.05 bits per heavy atom. The summed E-state index contributed by atoms with van der Waals surface area (Å²) in [6, 6.07) is 14.1. The summed E-state index contributed by atoms with van der Waals surface area (Å²) in [6.07, 6.45) is 6.27. The molecular formula is C32H43N7O2. The van der Waals surface area contributed by atoms with Crippen LogP contribution in [0.3, 0.4) is 0 Å². The Hall–Kier alpha value is -4.11. The minimum atomic E-state index is 0.00581. The Bertz CT molecular complexity index is 1480. The second-order valence-electron chi connectivity index (χ2n) is 10.8. The van der Waals surface area contributed by atoms with Gasteiger partial charge in [0.15, 0.2) is 0 Å². The van der Waals surface area contributed by atoms with Crippen molar-refractivity contribution >= 4 is 39.8 Å². The molecule has 9 heteroatoms. The van der Waals surface area contributed by atoms with Gasteiger partial charge in [0.25, 0.3) is 0 Å². The number of aromatic nitrogens is 3. The Labute approximate surface area is 243 Å². The molecule has 0 unspecified atom stereocenters. The first kappa shape index (κ1) is 29.9. The highest BCUT2D eigenvalue weighted by Crippen LogP contribution is 2.38. The first-order chi connectivity index (χ1) is 19.7. The molecule has 1 amide bonds. The normalized spacial score (nSPS) is 11.3. The lowest BCUT2D eigenvalue weighted by atomic mass is 9.99. The molecule has 0 radical (unpaired) electrons. The number of amides is 1. The third-order valence-electron chi connectivity index (χ3n) is 7.59. The minimum Gasteiger partial charge on any atom is -0.494 e. The van der Waals surface area contributed by atoms with Gasteiger partial charge in [-0.2, -0.15) is 0 Å². The molecule has 4 rings (SSSR count). The number of nitrogens with one attached hydrogen (secondary N) is 2. The van der Waals surface area contributed by atoms with E-state index in [1.54, 1.807) is 13.3 Å². The van der Waals surface area contributed by atoms with Crippen LogP contribution < -0.4 is 20.3 Å². The SMILES string of the molecule is CCC(CC)CC(=O)Nc1cc(Nc2nccc(-c3cn(C)c4ccccc34)n2)c(OC)cc1N(C)CCN(C)C. The van der Waals surface area contributed by atoms with Crippen LogP contribution in [0.5, 0.6) is 5.75 Å². The van der Waals surface area contributed by atoms with E-state index >= 15 is 0 Å². The monoisotopic (exact) mass is 557 g/mol. The maximum absolute atomic E-state index is 13.1. The molecule has 2 heterocycles. The number of hydrogen-bond acceptors (Lipinski definition) is 7. The molecule has 2 N–H and O–H groups in total. The lowest BCUT2D eigenvalue weighted by Gasteiger charge is -2.26. The first-order valence-corrected chi connectivity index (χ1v) is 14.3. The number of benzene rings is 2. The fraction of sp³-hybridized carbons (Fsp3) is 0.406. The molecule has 0 saturated heterocycles. The maximum Gasteiger partial charge on any atom is 0.227 e. The smallest absolute Gasteiger partial charge is 0.227 e. The summed E-state index contributed by atoms with van der Waals surface area (Å²) in [4.78, 5) is 26.7. The second-order valence-corrected chi connectivity index (χ2v) is 10.8. The zero-order valence-corrected chi connectivity index (χ0v) is 25.4. The third-order valence-corrected chi connectivity index (χ3v) is 7.59. The van der Waals surface area contributed by atoms with E-state index in [-0.39, 0.29) is 5.91 Å². The molecule has 0 aliphatic rings. The van der Waals surface area contributed by atoms with Crippen molar-refractivity contribution < 1.29 is 9.53 Å². The number of aryl methyl sites for hydroxylation is 1. The standard InChI is InChI=1S/C32H43N7O2/c1-8-22(9-2)18-31(40)34-26-19-27(30(41-7)20-29(26)38(5)17-16-37(3)4)36-32-33-15-14-25(35-32)24-21-39(6)28-13-11-10-12-23(24)28/h10-15,19-22H,8-9,16-18H2,1-7H3,(H,34,40)(H,33,35,36). The quantitative estimate of drug-likeness (QED) is 0.204. The number of nitrogens with zero attached hydrogens (tertiary/aromatic N) is 5. The van der Waals surface area contributed by atoms with E-state index in [0.29, 0.717) is 29.7 Å². The number of rotatable bonds is 13. The summed E-state index contributed by atoms with van der Waals surface area (Å²) < 4.78 is 7.90. The van der Waals surface area contributed by atoms with E-state index in [4.69, 9.17) is 9.72 Å². The summed E-state index contributed by atoms with van der Waals surface area (Å²) in [7, 11) is 9.80. The van der Waals surface area contributed by atoms with E-state index in [1.165, 1.54) is 0 Å². The molecule has 0 atom stereocenters. The molecular weight excluding hydrogens is 514 g/mol. The van der Waals surface area contributed by atoms with Gasteiger partial charge in [0.05, 0.1) is 29.9 Å². The molecule has 0 bridgehead atoms. The number of methoxy groups -OCH3 is 1. The van der Waals surface area contributed by atoms with Gasteiger partial charge in [0, 0.05) is 68.5 Å². The minimum absolute atomic E-state index is 0.00581. The number of para-hydroxylation sites is 1. The van der Waals surface area contributed by atoms with Gasteiger partial charge in [-0.1, -0.05) is 44.9 Å². The lowest BCUT2D eigenvalue weighted by Crippen LogP contribution is -2.29. The molecule has 41 heavy (non-hydrogen) atoms. The predicted octanol–water partition coefficient (Wildman–Crippen LogP) is 6.15. The van der Waals surface area contributed by atoms with E-state index < -0.39 is 0 Å². The Morgan fingerprint density at radius 3 is 2.51 bits per heavy atom. The maximum atomic E-state index is 13.1. The molecule has 4 aromatic rings. The van der Waals surface area contributed by atoms with Crippen LogP contribution in [0.1, 0.15) is 33.1 Å². The van der Waals surface area contributed by atoms with Gasteiger partial charge in [-0.3, -0.25) is 4.79 Å². The molecule has 218 valence electrons. The summed E-state index contributed by atoms with van der Waals surface area (Å²) >= 11 is 0. The van der Waals surface area contributed by atoms with Gasteiger partial charge >= 0.3 is 0 Å². The molecule has 0 fully saturated rings. The number of carbonyl (C=O) groups is 1. The number of anilines is 4. The van der Waals surface area contributed by atoms with Gasteiger partial charge in [-0.15, -0.1) is 0 Å². The van der Waals surface area contributed by atoms with Crippen LogP contribution in [0.2, 0.25) is 0 Å². The number of likely N-dealkylation sites (N-methyl/N-ethyl adjacent to an activating group) is 2. The molecule has 2 aromatic carbocycles. The zero-order chi connectivity index (χ0) is 29.5. The van der Waals surface area contributed by atoms with E-state index in [9.17, 15) is 4.79 Å². The van der Waals surface area contributed by atoms with Crippen molar-refractivity contribution in [2.75, 3.05) is 56.9 Å². The predicted molar refractivity (Wildman–Crippen MR) is 169 cm³/mol. The summed E-state index contributed by atoms with van der Waals surface area (Å²) in [5.41, 5.74) is 5.27. The van der Waals surface area contributed by atoms with Crippen molar-refractivity contribution in [2.24, 2.45) is 13.0 Å². The lowest BCUT2D eigenvalue weighted by molar-refractivity contribution is -0.117. The van der Waals surface area contributed by atoms with Gasteiger partial charge in [-0.25, -0.2) is 9.97 Å². The van der Waals surface area contributed by atoms with Crippen molar-refractivity contribution in [1.29, 1.82) is 0 Å². The Kier molecular flexibility index (Phi) is 9.83. The van der Waals surface area contributed by atoms with Crippen molar-refractivity contribution in [1.82, 2.24) is 19.4 Å².